The van der Waals surface area contributed by atoms with Crippen LogP contribution in [0.3, 0.4) is 0 Å². The van der Waals surface area contributed by atoms with Gasteiger partial charge < -0.3 is 10.6 Å². The van der Waals surface area contributed by atoms with E-state index in [4.69, 9.17) is 0 Å². The van der Waals surface area contributed by atoms with Crippen molar-refractivity contribution < 1.29 is 0 Å². The Morgan fingerprint density at radius 3 is 1.83 bits per heavy atom. The Hall–Kier alpha value is -3.52. The number of nitrogens with one attached hydrogen (secondary N) is 2. The highest BCUT2D eigenvalue weighted by Crippen LogP contribution is 2.24. The Balaban J connectivity index is 1.67. The first-order valence-corrected chi connectivity index (χ1v) is 10.3. The van der Waals surface area contributed by atoms with E-state index in [-0.39, 0.29) is 0 Å². The number of hydrogen-bond donors (Lipinski definition) is 2. The van der Waals surface area contributed by atoms with Crippen molar-refractivity contribution in [3.8, 4) is 0 Å². The van der Waals surface area contributed by atoms with Gasteiger partial charge in [-0.15, -0.1) is 0 Å². The Morgan fingerprint density at radius 1 is 0.567 bits per heavy atom. The first-order valence-electron chi connectivity index (χ1n) is 10.3. The predicted molar refractivity (Wildman–Crippen MR) is 133 cm³/mol. The summed E-state index contributed by atoms with van der Waals surface area (Å²) in [5.74, 6) is 0. The number of rotatable bonds is 7. The van der Waals surface area contributed by atoms with E-state index in [2.05, 4.69) is 117 Å². The van der Waals surface area contributed by atoms with Crippen molar-refractivity contribution in [1.82, 2.24) is 0 Å². The van der Waals surface area contributed by atoms with Crippen molar-refractivity contribution in [1.29, 1.82) is 0 Å². The van der Waals surface area contributed by atoms with E-state index in [0.717, 1.165) is 22.8 Å². The molecule has 0 heterocycles. The zero-order valence-electron chi connectivity index (χ0n) is 18.2. The summed E-state index contributed by atoms with van der Waals surface area (Å²) in [5.41, 5.74) is 6.92. The molecule has 0 atom stereocenters. The zero-order chi connectivity index (χ0) is 21.3. The molecule has 0 aliphatic heterocycles. The molecule has 152 valence electrons. The normalized spacial score (nSPS) is 13.5. The van der Waals surface area contributed by atoms with Crippen LogP contribution in [0.1, 0.15) is 27.7 Å². The monoisotopic (exact) mass is 394 g/mol. The average molecular weight is 395 g/mol. The van der Waals surface area contributed by atoms with Crippen LogP contribution in [-0.4, -0.2) is 0 Å². The third kappa shape index (κ3) is 5.99. The molecule has 0 aliphatic rings. The largest absolute Gasteiger partial charge is 0.359 e. The lowest BCUT2D eigenvalue weighted by Gasteiger charge is -2.10. The third-order valence-electron chi connectivity index (χ3n) is 5.03. The van der Waals surface area contributed by atoms with E-state index >= 15 is 0 Å². The van der Waals surface area contributed by atoms with Gasteiger partial charge in [0.2, 0.25) is 0 Å². The second kappa shape index (κ2) is 10.3. The van der Waals surface area contributed by atoms with Crippen LogP contribution in [0, 0.1) is 0 Å². The lowest BCUT2D eigenvalue weighted by Crippen LogP contribution is -1.96. The molecule has 2 nitrogen and oxygen atoms in total. The summed E-state index contributed by atoms with van der Waals surface area (Å²) in [4.78, 5) is 0. The highest BCUT2D eigenvalue weighted by Gasteiger charge is 2.00. The van der Waals surface area contributed by atoms with Crippen molar-refractivity contribution in [2.75, 3.05) is 10.6 Å². The van der Waals surface area contributed by atoms with Gasteiger partial charge in [0.25, 0.3) is 0 Å². The maximum absolute atomic E-state index is 3.53. The molecule has 0 fully saturated rings. The van der Waals surface area contributed by atoms with Gasteiger partial charge in [-0.2, -0.15) is 0 Å². The van der Waals surface area contributed by atoms with E-state index in [1.54, 1.807) is 0 Å². The summed E-state index contributed by atoms with van der Waals surface area (Å²) in [5, 5.41) is 9.41. The lowest BCUT2D eigenvalue weighted by molar-refractivity contribution is 1.31. The van der Waals surface area contributed by atoms with Gasteiger partial charge in [0.1, 0.15) is 0 Å². The fraction of sp³-hybridized carbons (Fsp3) is 0.143. The molecule has 0 spiro atoms. The quantitative estimate of drug-likeness (QED) is 0.396. The van der Waals surface area contributed by atoms with Crippen LogP contribution in [0.4, 0.5) is 11.4 Å². The van der Waals surface area contributed by atoms with Gasteiger partial charge in [0, 0.05) is 28.2 Å². The van der Waals surface area contributed by atoms with Crippen molar-refractivity contribution in [2.24, 2.45) is 0 Å². The second-order valence-corrected chi connectivity index (χ2v) is 7.54. The van der Waals surface area contributed by atoms with Crippen LogP contribution >= 0.6 is 0 Å². The maximum Gasteiger partial charge on any atom is 0.0461 e. The molecule has 0 saturated heterocycles. The Kier molecular flexibility index (Phi) is 7.29. The van der Waals surface area contributed by atoms with Crippen molar-refractivity contribution in [3.05, 3.63) is 120 Å². The number of benzene rings is 3. The lowest BCUT2D eigenvalue weighted by atomic mass is 10.1. The fourth-order valence-corrected chi connectivity index (χ4v) is 3.14. The van der Waals surface area contributed by atoms with Crippen molar-refractivity contribution >= 4 is 22.1 Å². The molecule has 30 heavy (non-hydrogen) atoms. The first-order chi connectivity index (χ1) is 14.5. The molecule has 0 bridgehead atoms. The summed E-state index contributed by atoms with van der Waals surface area (Å²) >= 11 is 0. The standard InChI is InChI=1S/C28H30N2/c1-21(17-19-23(3)29-26-13-6-5-7-14-26)22(2)18-20-24(4)30-28-16-10-12-25-11-8-9-15-27(25)28/h5-20,29-30H,1-4H3/b21-17+,22-18+,23-19+,24-20+. The summed E-state index contributed by atoms with van der Waals surface area (Å²) in [6.45, 7) is 8.45. The number of para-hydroxylation sites is 1. The van der Waals surface area contributed by atoms with Crippen LogP contribution in [0.2, 0.25) is 0 Å². The average Bonchev–Trinajstić information content (AvgIpc) is 2.76. The van der Waals surface area contributed by atoms with Crippen LogP contribution in [-0.2, 0) is 0 Å². The molecular formula is C28H30N2. The van der Waals surface area contributed by atoms with E-state index in [0.29, 0.717) is 0 Å². The molecule has 2 heteroatoms. The van der Waals surface area contributed by atoms with Gasteiger partial charge in [0.05, 0.1) is 0 Å². The van der Waals surface area contributed by atoms with E-state index in [1.807, 2.05) is 18.2 Å². The SMILES string of the molecule is C\C(=C/C=C(C)/C(C)=C/C=C(\C)Nc1cccc2ccccc12)Nc1ccccc1. The predicted octanol–water partition coefficient (Wildman–Crippen LogP) is 8.06. The first kappa shape index (κ1) is 21.2. The third-order valence-corrected chi connectivity index (χ3v) is 5.03. The van der Waals surface area contributed by atoms with Gasteiger partial charge in [-0.3, -0.25) is 0 Å². The maximum atomic E-state index is 3.53. The van der Waals surface area contributed by atoms with E-state index in [1.165, 1.54) is 21.9 Å². The van der Waals surface area contributed by atoms with Crippen molar-refractivity contribution in [2.45, 2.75) is 27.7 Å². The molecule has 0 aromatic heterocycles. The fourth-order valence-electron chi connectivity index (χ4n) is 3.14. The smallest absolute Gasteiger partial charge is 0.0461 e. The van der Waals surface area contributed by atoms with Crippen molar-refractivity contribution in [3.63, 3.8) is 0 Å². The minimum atomic E-state index is 1.10. The van der Waals surface area contributed by atoms with Crippen LogP contribution in [0.25, 0.3) is 10.8 Å². The van der Waals surface area contributed by atoms with Gasteiger partial charge in [-0.05, 0) is 74.6 Å². The molecular weight excluding hydrogens is 364 g/mol. The summed E-state index contributed by atoms with van der Waals surface area (Å²) in [6, 6.07) is 25.0. The van der Waals surface area contributed by atoms with E-state index in [9.17, 15) is 0 Å². The minimum Gasteiger partial charge on any atom is -0.359 e. The van der Waals surface area contributed by atoms with Gasteiger partial charge >= 0.3 is 0 Å². The Morgan fingerprint density at radius 2 is 1.13 bits per heavy atom. The van der Waals surface area contributed by atoms with E-state index < -0.39 is 0 Å². The molecule has 2 N–H and O–H groups in total. The molecule has 0 saturated carbocycles. The molecule has 0 amide bonds. The van der Waals surface area contributed by atoms with Gasteiger partial charge in [-0.25, -0.2) is 0 Å². The summed E-state index contributed by atoms with van der Waals surface area (Å²) in [7, 11) is 0. The molecule has 0 unspecified atom stereocenters. The minimum absolute atomic E-state index is 1.10. The molecule has 3 aromatic rings. The van der Waals surface area contributed by atoms with Crippen LogP contribution in [0.5, 0.6) is 0 Å². The summed E-state index contributed by atoms with van der Waals surface area (Å²) < 4.78 is 0. The summed E-state index contributed by atoms with van der Waals surface area (Å²) in [6.07, 6.45) is 8.56. The van der Waals surface area contributed by atoms with Crippen LogP contribution < -0.4 is 10.6 Å². The number of allylic oxidation sites excluding steroid dienone is 8. The van der Waals surface area contributed by atoms with Gasteiger partial charge in [-0.1, -0.05) is 66.7 Å². The number of anilines is 2. The number of hydrogen-bond acceptors (Lipinski definition) is 2. The Bertz CT molecular complexity index is 1110. The van der Waals surface area contributed by atoms with Gasteiger partial charge in [0.15, 0.2) is 0 Å². The molecule has 0 aliphatic carbocycles. The Labute approximate surface area is 180 Å². The zero-order valence-corrected chi connectivity index (χ0v) is 18.2. The molecule has 3 rings (SSSR count). The highest BCUT2D eigenvalue weighted by molar-refractivity contribution is 5.94. The second-order valence-electron chi connectivity index (χ2n) is 7.54. The molecule has 0 radical (unpaired) electrons. The van der Waals surface area contributed by atoms with Crippen LogP contribution in [0.15, 0.2) is 120 Å². The highest BCUT2D eigenvalue weighted by atomic mass is 14.9. The number of fused-ring (bicyclic) bond motifs is 1. The molecule has 3 aromatic carbocycles. The topological polar surface area (TPSA) is 24.1 Å².